The van der Waals surface area contributed by atoms with Crippen molar-refractivity contribution in [1.29, 1.82) is 0 Å². The van der Waals surface area contributed by atoms with Gasteiger partial charge in [-0.3, -0.25) is 14.5 Å². The van der Waals surface area contributed by atoms with Crippen molar-refractivity contribution in [2.45, 2.75) is 57.9 Å². The Labute approximate surface area is 132 Å². The van der Waals surface area contributed by atoms with Gasteiger partial charge < -0.3 is 10.2 Å². The smallest absolute Gasteiger partial charge is 0.325 e. The number of hydrogen-bond acceptors (Lipinski definition) is 3. The fourth-order valence-electron chi connectivity index (χ4n) is 3.41. The number of nitrogens with one attached hydrogen (secondary N) is 1. The predicted octanol–water partition coefficient (Wildman–Crippen LogP) is 1.75. The minimum atomic E-state index is -0.780. The van der Waals surface area contributed by atoms with Crippen LogP contribution in [-0.2, 0) is 9.59 Å². The highest BCUT2D eigenvalue weighted by atomic mass is 16.2. The fraction of sp³-hybridized carbons (Fsp3) is 0.812. The fourth-order valence-corrected chi connectivity index (χ4v) is 3.41. The highest BCUT2D eigenvalue weighted by Crippen LogP contribution is 2.38. The summed E-state index contributed by atoms with van der Waals surface area (Å²) in [5, 5.41) is 2.87. The Hall–Kier alpha value is -1.59. The lowest BCUT2D eigenvalue weighted by Gasteiger charge is -2.36. The first-order valence-electron chi connectivity index (χ1n) is 8.30. The molecule has 6 nitrogen and oxygen atoms in total. The molecule has 2 fully saturated rings. The van der Waals surface area contributed by atoms with Crippen LogP contribution in [0.4, 0.5) is 4.79 Å². The number of rotatable bonds is 5. The summed E-state index contributed by atoms with van der Waals surface area (Å²) in [6, 6.07) is -0.420. The van der Waals surface area contributed by atoms with Crippen molar-refractivity contribution >= 4 is 17.8 Å². The van der Waals surface area contributed by atoms with E-state index in [-0.39, 0.29) is 24.3 Å². The molecule has 1 N–H and O–H groups in total. The Kier molecular flexibility index (Phi) is 5.08. The van der Waals surface area contributed by atoms with Crippen LogP contribution in [0.1, 0.15) is 52.4 Å². The van der Waals surface area contributed by atoms with Gasteiger partial charge in [-0.25, -0.2) is 4.79 Å². The van der Waals surface area contributed by atoms with Crippen LogP contribution in [0, 0.1) is 5.92 Å². The maximum atomic E-state index is 12.7. The molecule has 1 aliphatic heterocycles. The molecule has 2 atom stereocenters. The lowest BCUT2D eigenvalue weighted by Crippen LogP contribution is -2.54. The van der Waals surface area contributed by atoms with Gasteiger partial charge in [0.15, 0.2) is 0 Å². The number of urea groups is 1. The molecular formula is C16H27N3O3. The SMILES string of the molecule is CCCCN(C)C(=O)CN1C(=O)NC2(CCCCC2C)C1=O. The summed E-state index contributed by atoms with van der Waals surface area (Å²) in [6.07, 6.45) is 5.56. The first-order valence-corrected chi connectivity index (χ1v) is 8.30. The molecule has 0 aromatic rings. The Bertz CT molecular complexity index is 466. The third-order valence-electron chi connectivity index (χ3n) is 5.07. The highest BCUT2D eigenvalue weighted by Gasteiger charge is 2.55. The van der Waals surface area contributed by atoms with Crippen LogP contribution in [0.15, 0.2) is 0 Å². The molecule has 1 spiro atoms. The average molecular weight is 309 g/mol. The summed E-state index contributed by atoms with van der Waals surface area (Å²) in [4.78, 5) is 39.8. The first kappa shape index (κ1) is 16.8. The van der Waals surface area contributed by atoms with E-state index in [9.17, 15) is 14.4 Å². The maximum Gasteiger partial charge on any atom is 0.325 e. The van der Waals surface area contributed by atoms with Gasteiger partial charge in [0.2, 0.25) is 5.91 Å². The van der Waals surface area contributed by atoms with Crippen molar-refractivity contribution in [2.24, 2.45) is 5.92 Å². The van der Waals surface area contributed by atoms with E-state index in [0.717, 1.165) is 37.0 Å². The molecule has 0 radical (unpaired) electrons. The summed E-state index contributed by atoms with van der Waals surface area (Å²) in [5.74, 6) is -0.282. The number of amides is 4. The monoisotopic (exact) mass is 309 g/mol. The van der Waals surface area contributed by atoms with Crippen LogP contribution in [0.2, 0.25) is 0 Å². The van der Waals surface area contributed by atoms with Crippen molar-refractivity contribution < 1.29 is 14.4 Å². The van der Waals surface area contributed by atoms with E-state index in [2.05, 4.69) is 12.2 Å². The van der Waals surface area contributed by atoms with Crippen LogP contribution in [0.5, 0.6) is 0 Å². The van der Waals surface area contributed by atoms with E-state index in [0.29, 0.717) is 13.0 Å². The molecule has 1 saturated heterocycles. The summed E-state index contributed by atoms with van der Waals surface area (Å²) in [6.45, 7) is 4.57. The number of carbonyl (C=O) groups is 3. The van der Waals surface area contributed by atoms with E-state index in [1.165, 1.54) is 0 Å². The van der Waals surface area contributed by atoms with Gasteiger partial charge in [0.1, 0.15) is 12.1 Å². The largest absolute Gasteiger partial charge is 0.344 e. The summed E-state index contributed by atoms with van der Waals surface area (Å²) in [7, 11) is 1.72. The lowest BCUT2D eigenvalue weighted by molar-refractivity contribution is -0.140. The van der Waals surface area contributed by atoms with E-state index >= 15 is 0 Å². The molecule has 2 rings (SSSR count). The van der Waals surface area contributed by atoms with Crippen molar-refractivity contribution in [1.82, 2.24) is 15.1 Å². The van der Waals surface area contributed by atoms with Crippen LogP contribution in [0.3, 0.4) is 0 Å². The van der Waals surface area contributed by atoms with Gasteiger partial charge in [-0.2, -0.15) is 0 Å². The second-order valence-corrected chi connectivity index (χ2v) is 6.61. The maximum absolute atomic E-state index is 12.7. The van der Waals surface area contributed by atoms with Crippen LogP contribution >= 0.6 is 0 Å². The van der Waals surface area contributed by atoms with Crippen LogP contribution in [0.25, 0.3) is 0 Å². The molecule has 0 aromatic heterocycles. The molecule has 2 unspecified atom stereocenters. The van der Waals surface area contributed by atoms with E-state index in [1.54, 1.807) is 11.9 Å². The Balaban J connectivity index is 2.04. The number of hydrogen-bond donors (Lipinski definition) is 1. The van der Waals surface area contributed by atoms with Crippen molar-refractivity contribution in [3.05, 3.63) is 0 Å². The highest BCUT2D eigenvalue weighted by molar-refractivity contribution is 6.09. The standard InChI is InChI=1S/C16H27N3O3/c1-4-5-10-18(3)13(20)11-19-14(21)16(17-15(19)22)9-7-6-8-12(16)2/h12H,4-11H2,1-3H3,(H,17,22). The topological polar surface area (TPSA) is 69.7 Å². The van der Waals surface area contributed by atoms with Gasteiger partial charge in [0.05, 0.1) is 0 Å². The van der Waals surface area contributed by atoms with E-state index in [4.69, 9.17) is 0 Å². The second-order valence-electron chi connectivity index (χ2n) is 6.61. The van der Waals surface area contributed by atoms with Gasteiger partial charge in [-0.15, -0.1) is 0 Å². The van der Waals surface area contributed by atoms with E-state index < -0.39 is 11.6 Å². The number of unbranched alkanes of at least 4 members (excludes halogenated alkanes) is 1. The van der Waals surface area contributed by atoms with Crippen LogP contribution in [-0.4, -0.2) is 53.3 Å². The second kappa shape index (κ2) is 6.67. The summed E-state index contributed by atoms with van der Waals surface area (Å²) < 4.78 is 0. The molecular weight excluding hydrogens is 282 g/mol. The Morgan fingerprint density at radius 2 is 2.14 bits per heavy atom. The summed E-state index contributed by atoms with van der Waals surface area (Å²) >= 11 is 0. The third kappa shape index (κ3) is 2.96. The van der Waals surface area contributed by atoms with Crippen molar-refractivity contribution in [3.8, 4) is 0 Å². The molecule has 0 bridgehead atoms. The van der Waals surface area contributed by atoms with Gasteiger partial charge in [0.25, 0.3) is 5.91 Å². The van der Waals surface area contributed by atoms with Gasteiger partial charge in [-0.05, 0) is 25.2 Å². The minimum Gasteiger partial charge on any atom is -0.344 e. The average Bonchev–Trinajstić information content (AvgIpc) is 2.73. The normalized spacial score (nSPS) is 28.1. The molecule has 124 valence electrons. The molecule has 2 aliphatic rings. The zero-order valence-electron chi connectivity index (χ0n) is 13.9. The minimum absolute atomic E-state index is 0.121. The summed E-state index contributed by atoms with van der Waals surface area (Å²) in [5.41, 5.74) is -0.780. The number of imide groups is 1. The van der Waals surface area contributed by atoms with Crippen molar-refractivity contribution in [2.75, 3.05) is 20.1 Å². The number of carbonyl (C=O) groups excluding carboxylic acids is 3. The lowest BCUT2D eigenvalue weighted by atomic mass is 9.73. The van der Waals surface area contributed by atoms with Crippen molar-refractivity contribution in [3.63, 3.8) is 0 Å². The Morgan fingerprint density at radius 3 is 2.77 bits per heavy atom. The number of likely N-dealkylation sites (N-methyl/N-ethyl adjacent to an activating group) is 1. The molecule has 1 aliphatic carbocycles. The molecule has 0 aromatic carbocycles. The number of nitrogens with zero attached hydrogens (tertiary/aromatic N) is 2. The first-order chi connectivity index (χ1) is 10.4. The molecule has 4 amide bonds. The zero-order valence-corrected chi connectivity index (χ0v) is 13.9. The quantitative estimate of drug-likeness (QED) is 0.787. The molecule has 22 heavy (non-hydrogen) atoms. The van der Waals surface area contributed by atoms with Gasteiger partial charge >= 0.3 is 6.03 Å². The molecule has 6 heteroatoms. The Morgan fingerprint density at radius 1 is 1.41 bits per heavy atom. The third-order valence-corrected chi connectivity index (χ3v) is 5.07. The molecule has 1 heterocycles. The van der Waals surface area contributed by atoms with Gasteiger partial charge in [0, 0.05) is 13.6 Å². The molecule has 1 saturated carbocycles. The van der Waals surface area contributed by atoms with Crippen LogP contribution < -0.4 is 5.32 Å². The predicted molar refractivity (Wildman–Crippen MR) is 83.2 cm³/mol. The zero-order chi connectivity index (χ0) is 16.3. The van der Waals surface area contributed by atoms with Gasteiger partial charge in [-0.1, -0.05) is 33.1 Å². The van der Waals surface area contributed by atoms with E-state index in [1.807, 2.05) is 6.92 Å².